The van der Waals surface area contributed by atoms with E-state index in [9.17, 15) is 4.79 Å². The van der Waals surface area contributed by atoms with E-state index in [2.05, 4.69) is 39.0 Å². The van der Waals surface area contributed by atoms with Gasteiger partial charge in [0.2, 0.25) is 0 Å². The molecule has 0 unspecified atom stereocenters. The largest absolute Gasteiger partial charge is 0.383 e. The molecule has 0 saturated heterocycles. The summed E-state index contributed by atoms with van der Waals surface area (Å²) in [5.41, 5.74) is 4.01. The molecule has 0 spiro atoms. The third kappa shape index (κ3) is 4.00. The minimum absolute atomic E-state index is 0.0379. The van der Waals surface area contributed by atoms with Crippen molar-refractivity contribution in [2.45, 2.75) is 45.7 Å². The second kappa shape index (κ2) is 8.39. The van der Waals surface area contributed by atoms with Crippen LogP contribution in [-0.4, -0.2) is 57.8 Å². The number of ether oxygens (including phenoxy) is 1. The van der Waals surface area contributed by atoms with Crippen LogP contribution in [0.15, 0.2) is 30.9 Å². The number of hydrogen-bond acceptors (Lipinski definition) is 6. The van der Waals surface area contributed by atoms with E-state index in [0.29, 0.717) is 30.4 Å². The number of benzene rings is 1. The highest BCUT2D eigenvalue weighted by molar-refractivity contribution is 5.95. The molecule has 2 aromatic heterocycles. The van der Waals surface area contributed by atoms with Crippen molar-refractivity contribution in [2.24, 2.45) is 0 Å². The number of amides is 1. The number of nitrogens with zero attached hydrogens (tertiary/aromatic N) is 5. The summed E-state index contributed by atoms with van der Waals surface area (Å²) in [5.74, 6) is 0.745. The molecule has 0 bridgehead atoms. The van der Waals surface area contributed by atoms with E-state index in [0.717, 1.165) is 35.4 Å². The third-order valence-electron chi connectivity index (χ3n) is 5.39. The molecule has 1 fully saturated rings. The molecule has 0 radical (unpaired) electrons. The van der Waals surface area contributed by atoms with Crippen LogP contribution >= 0.6 is 0 Å². The summed E-state index contributed by atoms with van der Waals surface area (Å²) in [4.78, 5) is 28.4. The van der Waals surface area contributed by atoms with Gasteiger partial charge in [-0.25, -0.2) is 15.0 Å². The lowest BCUT2D eigenvalue weighted by Crippen LogP contribution is -2.34. The summed E-state index contributed by atoms with van der Waals surface area (Å²) < 4.78 is 7.19. The predicted octanol–water partition coefficient (Wildman–Crippen LogP) is 2.88. The minimum Gasteiger partial charge on any atom is -0.383 e. The van der Waals surface area contributed by atoms with E-state index in [1.807, 2.05) is 29.7 Å². The van der Waals surface area contributed by atoms with Gasteiger partial charge in [0.1, 0.15) is 12.7 Å². The van der Waals surface area contributed by atoms with Gasteiger partial charge in [-0.3, -0.25) is 9.36 Å². The molecule has 1 aromatic carbocycles. The van der Waals surface area contributed by atoms with Crippen LogP contribution in [0.2, 0.25) is 0 Å². The van der Waals surface area contributed by atoms with E-state index < -0.39 is 0 Å². The van der Waals surface area contributed by atoms with Gasteiger partial charge in [0.05, 0.1) is 12.3 Å². The molecular formula is C22H28N6O2. The van der Waals surface area contributed by atoms with E-state index in [-0.39, 0.29) is 11.9 Å². The fraction of sp³-hybridized carbons (Fsp3) is 0.455. The van der Waals surface area contributed by atoms with Crippen molar-refractivity contribution in [1.82, 2.24) is 24.8 Å². The number of aromatic nitrogens is 4. The predicted molar refractivity (Wildman–Crippen MR) is 116 cm³/mol. The zero-order valence-electron chi connectivity index (χ0n) is 17.9. The smallest absolute Gasteiger partial charge is 0.251 e. The normalized spacial score (nSPS) is 13.8. The van der Waals surface area contributed by atoms with Gasteiger partial charge < -0.3 is 15.0 Å². The van der Waals surface area contributed by atoms with Crippen LogP contribution in [0.3, 0.4) is 0 Å². The van der Waals surface area contributed by atoms with Crippen LogP contribution in [-0.2, 0) is 4.74 Å². The Bertz CT molecular complexity index is 1060. The number of aryl methyl sites for hydroxylation is 1. The number of fused-ring (bicyclic) bond motifs is 1. The van der Waals surface area contributed by atoms with Gasteiger partial charge in [-0.15, -0.1) is 0 Å². The standard InChI is InChI=1S/C22H28N6O2/c1-14(2)27(9-10-30-4)20-19-21(24-12-23-20)28(13-25-19)18-11-16(6-5-15(18)3)22(29)26-17-7-8-17/h5-6,11-14,17H,7-10H2,1-4H3,(H,26,29). The molecule has 3 aromatic rings. The molecule has 1 N–H and O–H groups in total. The van der Waals surface area contributed by atoms with Gasteiger partial charge >= 0.3 is 0 Å². The first-order valence-electron chi connectivity index (χ1n) is 10.3. The highest BCUT2D eigenvalue weighted by atomic mass is 16.5. The lowest BCUT2D eigenvalue weighted by atomic mass is 10.1. The topological polar surface area (TPSA) is 85.2 Å². The number of rotatable bonds is 8. The quantitative estimate of drug-likeness (QED) is 0.617. The third-order valence-corrected chi connectivity index (χ3v) is 5.39. The summed E-state index contributed by atoms with van der Waals surface area (Å²) in [7, 11) is 1.69. The van der Waals surface area contributed by atoms with Crippen LogP contribution in [0, 0.1) is 6.92 Å². The number of imidazole rings is 1. The SMILES string of the molecule is COCCN(c1ncnc2c1ncn2-c1cc(C(=O)NC2CC2)ccc1C)C(C)C. The zero-order valence-corrected chi connectivity index (χ0v) is 17.9. The van der Waals surface area contributed by atoms with E-state index in [1.54, 1.807) is 19.8 Å². The van der Waals surface area contributed by atoms with Crippen molar-refractivity contribution in [3.05, 3.63) is 42.0 Å². The number of anilines is 1. The molecule has 1 aliphatic carbocycles. The molecule has 158 valence electrons. The molecule has 0 aliphatic heterocycles. The molecule has 1 amide bonds. The molecule has 2 heterocycles. The maximum atomic E-state index is 12.5. The first-order valence-corrected chi connectivity index (χ1v) is 10.3. The minimum atomic E-state index is -0.0379. The lowest BCUT2D eigenvalue weighted by Gasteiger charge is -2.27. The van der Waals surface area contributed by atoms with Gasteiger partial charge in [-0.2, -0.15) is 0 Å². The van der Waals surface area contributed by atoms with Crippen LogP contribution in [0.25, 0.3) is 16.9 Å². The van der Waals surface area contributed by atoms with Gasteiger partial charge in [0.25, 0.3) is 5.91 Å². The number of hydrogen-bond donors (Lipinski definition) is 1. The molecular weight excluding hydrogens is 380 g/mol. The Morgan fingerprint density at radius 1 is 1.30 bits per heavy atom. The van der Waals surface area contributed by atoms with Crippen molar-refractivity contribution in [3.8, 4) is 5.69 Å². The van der Waals surface area contributed by atoms with Gasteiger partial charge in [0.15, 0.2) is 17.0 Å². The van der Waals surface area contributed by atoms with Gasteiger partial charge in [0, 0.05) is 31.3 Å². The molecule has 1 saturated carbocycles. The summed E-state index contributed by atoms with van der Waals surface area (Å²) in [6, 6.07) is 6.28. The Hall–Kier alpha value is -3.00. The Labute approximate surface area is 176 Å². The summed E-state index contributed by atoms with van der Waals surface area (Å²) in [5, 5.41) is 3.05. The fourth-order valence-corrected chi connectivity index (χ4v) is 3.51. The van der Waals surface area contributed by atoms with E-state index >= 15 is 0 Å². The van der Waals surface area contributed by atoms with Crippen molar-refractivity contribution in [2.75, 3.05) is 25.2 Å². The molecule has 4 rings (SSSR count). The summed E-state index contributed by atoms with van der Waals surface area (Å²) in [6.45, 7) is 7.56. The van der Waals surface area contributed by atoms with E-state index in [1.165, 1.54) is 0 Å². The highest BCUT2D eigenvalue weighted by Gasteiger charge is 2.24. The molecule has 8 heteroatoms. The molecule has 8 nitrogen and oxygen atoms in total. The van der Waals surface area contributed by atoms with Crippen LogP contribution in [0.5, 0.6) is 0 Å². The van der Waals surface area contributed by atoms with Crippen molar-refractivity contribution >= 4 is 22.9 Å². The van der Waals surface area contributed by atoms with E-state index in [4.69, 9.17) is 4.74 Å². The number of carbonyl (C=O) groups excluding carboxylic acids is 1. The molecule has 0 atom stereocenters. The summed E-state index contributed by atoms with van der Waals surface area (Å²) in [6.07, 6.45) is 5.44. The second-order valence-corrected chi connectivity index (χ2v) is 8.01. The Morgan fingerprint density at radius 2 is 2.10 bits per heavy atom. The maximum absolute atomic E-state index is 12.5. The number of carbonyl (C=O) groups is 1. The Balaban J connectivity index is 1.74. The summed E-state index contributed by atoms with van der Waals surface area (Å²) >= 11 is 0. The van der Waals surface area contributed by atoms with Gasteiger partial charge in [-0.05, 0) is 51.3 Å². The first-order chi connectivity index (χ1) is 14.5. The fourth-order valence-electron chi connectivity index (χ4n) is 3.51. The average molecular weight is 409 g/mol. The van der Waals surface area contributed by atoms with Crippen LogP contribution in [0.4, 0.5) is 5.82 Å². The monoisotopic (exact) mass is 408 g/mol. The lowest BCUT2D eigenvalue weighted by molar-refractivity contribution is 0.0951. The Kier molecular flexibility index (Phi) is 5.67. The number of nitrogens with one attached hydrogen (secondary N) is 1. The number of methoxy groups -OCH3 is 1. The van der Waals surface area contributed by atoms with Crippen molar-refractivity contribution < 1.29 is 9.53 Å². The maximum Gasteiger partial charge on any atom is 0.251 e. The average Bonchev–Trinajstić information content (AvgIpc) is 3.44. The van der Waals surface area contributed by atoms with Crippen LogP contribution in [0.1, 0.15) is 42.6 Å². The molecule has 30 heavy (non-hydrogen) atoms. The van der Waals surface area contributed by atoms with Gasteiger partial charge in [-0.1, -0.05) is 6.07 Å². The second-order valence-electron chi connectivity index (χ2n) is 8.01. The van der Waals surface area contributed by atoms with Crippen LogP contribution < -0.4 is 10.2 Å². The highest BCUT2D eigenvalue weighted by Crippen LogP contribution is 2.27. The van der Waals surface area contributed by atoms with Crippen molar-refractivity contribution in [3.63, 3.8) is 0 Å². The first kappa shape index (κ1) is 20.3. The Morgan fingerprint density at radius 3 is 2.80 bits per heavy atom. The van der Waals surface area contributed by atoms with Crippen molar-refractivity contribution in [1.29, 1.82) is 0 Å². The molecule has 1 aliphatic rings. The zero-order chi connectivity index (χ0) is 21.3.